The molecule has 1 atom stereocenters. The number of benzene rings is 3. The van der Waals surface area contributed by atoms with Crippen LogP contribution >= 0.6 is 0 Å². The van der Waals surface area contributed by atoms with Crippen LogP contribution in [-0.4, -0.2) is 19.9 Å². The van der Waals surface area contributed by atoms with Gasteiger partial charge in [0.15, 0.2) is 16.9 Å². The summed E-state index contributed by atoms with van der Waals surface area (Å²) in [4.78, 5) is 25.7. The van der Waals surface area contributed by atoms with E-state index in [-0.39, 0.29) is 30.4 Å². The van der Waals surface area contributed by atoms with Gasteiger partial charge in [-0.2, -0.15) is 0 Å². The SMILES string of the molecule is COc1cc2c(c3oc(-c4ccccc4)cc(=O)c13)C(c1ccc3c(c1)OCO3)CC(=O)O2. The van der Waals surface area contributed by atoms with E-state index >= 15 is 0 Å². The first kappa shape index (κ1) is 19.4. The molecule has 0 amide bonds. The first-order valence-electron chi connectivity index (χ1n) is 10.5. The van der Waals surface area contributed by atoms with Crippen molar-refractivity contribution in [2.24, 2.45) is 0 Å². The third kappa shape index (κ3) is 3.12. The second-order valence-electron chi connectivity index (χ2n) is 7.88. The zero-order chi connectivity index (χ0) is 22.5. The van der Waals surface area contributed by atoms with Crippen molar-refractivity contribution < 1.29 is 28.2 Å². The van der Waals surface area contributed by atoms with Gasteiger partial charge in [-0.05, 0) is 17.7 Å². The molecular formula is C26H18O7. The summed E-state index contributed by atoms with van der Waals surface area (Å²) in [6, 6.07) is 18.0. The monoisotopic (exact) mass is 442 g/mol. The number of methoxy groups -OCH3 is 1. The predicted octanol–water partition coefficient (Wildman–Crippen LogP) is 4.64. The van der Waals surface area contributed by atoms with E-state index in [1.54, 1.807) is 6.07 Å². The molecule has 3 aromatic carbocycles. The second-order valence-corrected chi connectivity index (χ2v) is 7.88. The van der Waals surface area contributed by atoms with E-state index in [0.717, 1.165) is 11.1 Å². The Morgan fingerprint density at radius 3 is 2.55 bits per heavy atom. The van der Waals surface area contributed by atoms with Crippen LogP contribution in [0.5, 0.6) is 23.0 Å². The minimum Gasteiger partial charge on any atom is -0.496 e. The highest BCUT2D eigenvalue weighted by molar-refractivity contribution is 5.93. The maximum atomic E-state index is 13.2. The molecule has 0 spiro atoms. The number of carbonyl (C=O) groups excluding carboxylic acids is 1. The number of esters is 1. The van der Waals surface area contributed by atoms with Crippen molar-refractivity contribution in [3.8, 4) is 34.3 Å². The second kappa shape index (κ2) is 7.41. The molecule has 164 valence electrons. The molecule has 1 unspecified atom stereocenters. The van der Waals surface area contributed by atoms with Crippen molar-refractivity contribution in [3.63, 3.8) is 0 Å². The molecule has 1 aromatic heterocycles. The summed E-state index contributed by atoms with van der Waals surface area (Å²) in [7, 11) is 1.46. The number of hydrogen-bond acceptors (Lipinski definition) is 7. The summed E-state index contributed by atoms with van der Waals surface area (Å²) >= 11 is 0. The number of carbonyl (C=O) groups is 1. The van der Waals surface area contributed by atoms with Gasteiger partial charge in [0, 0.05) is 29.2 Å². The molecule has 0 saturated carbocycles. The van der Waals surface area contributed by atoms with Crippen LogP contribution in [0.3, 0.4) is 0 Å². The number of rotatable bonds is 3. The zero-order valence-electron chi connectivity index (χ0n) is 17.6. The average Bonchev–Trinajstić information content (AvgIpc) is 3.31. The Bertz CT molecular complexity index is 1470. The molecular weight excluding hydrogens is 424 g/mol. The molecule has 0 aliphatic carbocycles. The number of hydrogen-bond donors (Lipinski definition) is 0. The summed E-state index contributed by atoms with van der Waals surface area (Å²) in [5.74, 6) is 1.49. The molecule has 0 fully saturated rings. The molecule has 7 heteroatoms. The lowest BCUT2D eigenvalue weighted by Gasteiger charge is -2.26. The number of fused-ring (bicyclic) bond motifs is 4. The van der Waals surface area contributed by atoms with E-state index in [4.69, 9.17) is 23.4 Å². The van der Waals surface area contributed by atoms with Crippen molar-refractivity contribution in [2.75, 3.05) is 13.9 Å². The molecule has 3 heterocycles. The molecule has 4 aromatic rings. The van der Waals surface area contributed by atoms with Crippen LogP contribution in [0.1, 0.15) is 23.5 Å². The Labute approximate surface area is 188 Å². The summed E-state index contributed by atoms with van der Waals surface area (Å²) in [6.07, 6.45) is 0.0906. The molecule has 0 radical (unpaired) electrons. The zero-order valence-corrected chi connectivity index (χ0v) is 17.6. The highest BCUT2D eigenvalue weighted by Crippen LogP contribution is 2.47. The van der Waals surface area contributed by atoms with Gasteiger partial charge in [-0.1, -0.05) is 36.4 Å². The van der Waals surface area contributed by atoms with Crippen molar-refractivity contribution >= 4 is 16.9 Å². The Morgan fingerprint density at radius 2 is 1.73 bits per heavy atom. The molecule has 7 nitrogen and oxygen atoms in total. The minimum absolute atomic E-state index is 0.0906. The quantitative estimate of drug-likeness (QED) is 0.338. The Kier molecular flexibility index (Phi) is 4.36. The van der Waals surface area contributed by atoms with E-state index < -0.39 is 5.92 Å². The van der Waals surface area contributed by atoms with E-state index in [0.29, 0.717) is 39.5 Å². The van der Waals surface area contributed by atoms with Gasteiger partial charge in [0.1, 0.15) is 28.2 Å². The van der Waals surface area contributed by atoms with Gasteiger partial charge < -0.3 is 23.4 Å². The molecule has 0 bridgehead atoms. The summed E-state index contributed by atoms with van der Waals surface area (Å²) in [5, 5.41) is 0.305. The van der Waals surface area contributed by atoms with Crippen molar-refractivity contribution in [2.45, 2.75) is 12.3 Å². The van der Waals surface area contributed by atoms with Gasteiger partial charge in [-0.3, -0.25) is 9.59 Å². The van der Waals surface area contributed by atoms with Crippen LogP contribution < -0.4 is 24.4 Å². The van der Waals surface area contributed by atoms with Crippen LogP contribution in [0.25, 0.3) is 22.3 Å². The van der Waals surface area contributed by atoms with Crippen LogP contribution in [0.4, 0.5) is 0 Å². The van der Waals surface area contributed by atoms with E-state index in [1.165, 1.54) is 13.2 Å². The fraction of sp³-hybridized carbons (Fsp3) is 0.154. The average molecular weight is 442 g/mol. The molecule has 2 aliphatic rings. The fourth-order valence-corrected chi connectivity index (χ4v) is 4.46. The summed E-state index contributed by atoms with van der Waals surface area (Å²) in [6.45, 7) is 0.150. The van der Waals surface area contributed by atoms with Gasteiger partial charge in [-0.15, -0.1) is 0 Å². The molecule has 2 aliphatic heterocycles. The standard InChI is InChI=1S/C26H18O7/c1-29-21-12-22-24(26-25(21)17(27)11-19(33-26)14-5-3-2-4-6-14)16(10-23(28)32-22)15-7-8-18-20(9-15)31-13-30-18/h2-9,11-12,16H,10,13H2,1H3. The van der Waals surface area contributed by atoms with Gasteiger partial charge in [0.05, 0.1) is 13.5 Å². The van der Waals surface area contributed by atoms with Gasteiger partial charge in [-0.25, -0.2) is 0 Å². The fourth-order valence-electron chi connectivity index (χ4n) is 4.46. The smallest absolute Gasteiger partial charge is 0.312 e. The Morgan fingerprint density at radius 1 is 0.909 bits per heavy atom. The highest BCUT2D eigenvalue weighted by Gasteiger charge is 2.34. The predicted molar refractivity (Wildman–Crippen MR) is 119 cm³/mol. The molecule has 6 rings (SSSR count). The van der Waals surface area contributed by atoms with Gasteiger partial charge in [0.2, 0.25) is 6.79 Å². The van der Waals surface area contributed by atoms with Crippen molar-refractivity contribution in [3.05, 3.63) is 82.0 Å². The van der Waals surface area contributed by atoms with E-state index in [1.807, 2.05) is 48.5 Å². The lowest BCUT2D eigenvalue weighted by Crippen LogP contribution is -2.22. The molecule has 0 saturated heterocycles. The molecule has 0 N–H and O–H groups in total. The van der Waals surface area contributed by atoms with Gasteiger partial charge >= 0.3 is 5.97 Å². The van der Waals surface area contributed by atoms with E-state index in [9.17, 15) is 9.59 Å². The Balaban J connectivity index is 1.64. The topological polar surface area (TPSA) is 84.2 Å². The van der Waals surface area contributed by atoms with E-state index in [2.05, 4.69) is 0 Å². The van der Waals surface area contributed by atoms with Crippen LogP contribution in [0.2, 0.25) is 0 Å². The first-order valence-corrected chi connectivity index (χ1v) is 10.5. The van der Waals surface area contributed by atoms with Crippen molar-refractivity contribution in [1.82, 2.24) is 0 Å². The summed E-state index contributed by atoms with van der Waals surface area (Å²) in [5.41, 5.74) is 2.32. The third-order valence-corrected chi connectivity index (χ3v) is 5.99. The lowest BCUT2D eigenvalue weighted by atomic mass is 9.85. The maximum absolute atomic E-state index is 13.2. The normalized spacial score (nSPS) is 16.4. The van der Waals surface area contributed by atoms with Gasteiger partial charge in [0.25, 0.3) is 0 Å². The Hall–Kier alpha value is -4.26. The lowest BCUT2D eigenvalue weighted by molar-refractivity contribution is -0.135. The van der Waals surface area contributed by atoms with Crippen molar-refractivity contribution in [1.29, 1.82) is 0 Å². The van der Waals surface area contributed by atoms with Crippen LogP contribution in [-0.2, 0) is 4.79 Å². The third-order valence-electron chi connectivity index (χ3n) is 5.99. The highest BCUT2D eigenvalue weighted by atomic mass is 16.7. The summed E-state index contributed by atoms with van der Waals surface area (Å²) < 4.78 is 28.3. The largest absolute Gasteiger partial charge is 0.496 e. The maximum Gasteiger partial charge on any atom is 0.312 e. The first-order chi connectivity index (χ1) is 16.1. The minimum atomic E-state index is -0.404. The van der Waals surface area contributed by atoms with Crippen LogP contribution in [0.15, 0.2) is 69.9 Å². The number of ether oxygens (including phenoxy) is 4. The molecule has 33 heavy (non-hydrogen) atoms. The van der Waals surface area contributed by atoms with Crippen LogP contribution in [0, 0.1) is 0 Å².